The smallest absolute Gasteiger partial charge is 0.174 e. The molecule has 700 valence electrons. The van der Waals surface area contributed by atoms with E-state index in [9.17, 15) is 0 Å². The molecule has 10 aromatic heterocycles. The van der Waals surface area contributed by atoms with Crippen molar-refractivity contribution in [2.24, 2.45) is 0 Å². The average Bonchev–Trinajstić information content (AvgIpc) is 1.47. The minimum Gasteiger partial charge on any atom is -0.255 e. The van der Waals surface area contributed by atoms with Crippen LogP contribution in [-0.2, 0) is 0 Å². The van der Waals surface area contributed by atoms with E-state index in [2.05, 4.69) is 396 Å². The van der Waals surface area contributed by atoms with Crippen LogP contribution in [0.25, 0.3) is 251 Å². The molecule has 0 radical (unpaired) electrons. The highest BCUT2D eigenvalue weighted by Crippen LogP contribution is 2.47. The van der Waals surface area contributed by atoms with E-state index >= 15 is 0 Å². The Labute approximate surface area is 859 Å². The average molecular weight is 1910 g/mol. The van der Waals surface area contributed by atoms with Gasteiger partial charge in [0.1, 0.15) is 33.1 Å². The first kappa shape index (κ1) is 89.8. The van der Waals surface area contributed by atoms with Crippen molar-refractivity contribution in [3.63, 3.8) is 0 Å². The van der Waals surface area contributed by atoms with Gasteiger partial charge in [-0.25, -0.2) is 15.0 Å². The number of nitrogens with zero attached hydrogens (tertiary/aromatic N) is 16. The molecule has 16 heteroatoms. The fourth-order valence-corrected chi connectivity index (χ4v) is 19.6. The maximum absolute atomic E-state index is 5.19. The van der Waals surface area contributed by atoms with Gasteiger partial charge in [0.15, 0.2) is 11.6 Å². The summed E-state index contributed by atoms with van der Waals surface area (Å²) in [6.45, 7) is 0. The van der Waals surface area contributed by atoms with Gasteiger partial charge in [-0.2, -0.15) is 4.80 Å². The van der Waals surface area contributed by atoms with E-state index in [1.165, 1.54) is 60.5 Å². The van der Waals surface area contributed by atoms with Gasteiger partial charge < -0.3 is 0 Å². The van der Waals surface area contributed by atoms with Crippen LogP contribution in [0.15, 0.2) is 534 Å². The highest BCUT2D eigenvalue weighted by molar-refractivity contribution is 6.22. The first-order chi connectivity index (χ1) is 73.8. The maximum atomic E-state index is 5.19. The third kappa shape index (κ3) is 18.8. The Balaban J connectivity index is 0.000000117. The van der Waals surface area contributed by atoms with Crippen LogP contribution >= 0.6 is 0 Å². The summed E-state index contributed by atoms with van der Waals surface area (Å²) in [5, 5.41) is 35.0. The first-order valence-electron chi connectivity index (χ1n) is 49.5. The van der Waals surface area contributed by atoms with E-state index in [1.807, 2.05) is 133 Å². The molecule has 27 rings (SSSR count). The topological polar surface area (TPSA) is 182 Å². The standard InChI is InChI=1S/C52H35N5.C41H26N6.C40H27N5/c1-5-16-36(17-6-1)40-28-41(37-18-7-2-8-19-37)31-44(30-40)45-34-47(46-32-42(38-20-9-3-10-21-38)29-43(33-46)39-22-11-4-12-23-39)52-50(35-45)55-57(56-52)51-26-15-25-49(54-51)48-24-13-14-27-53-48;1-2-12-27(13-3-1)40-30-14-4-6-16-32(30)41(33-17-7-5-15-31(33)40)28-20-21-36-39(24-28)46-47(45-36)29-25-37(34-18-8-10-22-42-34)44-38(26-29)35-19-9-11-23-43-35;1-3-10-28(11-4-1)30-17-19-32(20-18-30)34-26-35(33-23-21-31(22-24-33)29-12-5-2-6-13-29)40-38(27-34)43-45(44-40)39-16-9-15-37(42-39)36-14-7-8-25-41-36/h1-35H;1-26H;1-27H. The van der Waals surface area contributed by atoms with Gasteiger partial charge in [-0.1, -0.05) is 352 Å². The number of hydrogen-bond donors (Lipinski definition) is 0. The highest BCUT2D eigenvalue weighted by atomic mass is 15.5. The van der Waals surface area contributed by atoms with Crippen molar-refractivity contribution in [2.75, 3.05) is 0 Å². The molecule has 0 saturated heterocycles. The second kappa shape index (κ2) is 40.5. The quantitative estimate of drug-likeness (QED) is 0.0698. The molecule has 0 spiro atoms. The van der Waals surface area contributed by atoms with Crippen molar-refractivity contribution in [3.05, 3.63) is 534 Å². The lowest BCUT2D eigenvalue weighted by Gasteiger charge is -2.17. The van der Waals surface area contributed by atoms with E-state index in [0.717, 1.165) is 179 Å². The molecule has 10 heterocycles. The summed E-state index contributed by atoms with van der Waals surface area (Å²) in [5.41, 5.74) is 38.7. The summed E-state index contributed by atoms with van der Waals surface area (Å²) in [6, 6.07) is 176. The van der Waals surface area contributed by atoms with Crippen molar-refractivity contribution in [1.82, 2.24) is 79.9 Å². The van der Waals surface area contributed by atoms with Crippen LogP contribution in [0, 0.1) is 0 Å². The molecular formula is C133H88N16. The van der Waals surface area contributed by atoms with Gasteiger partial charge in [-0.15, -0.1) is 40.2 Å². The minimum atomic E-state index is 0.613. The normalized spacial score (nSPS) is 11.2. The fourth-order valence-electron chi connectivity index (χ4n) is 19.6. The predicted molar refractivity (Wildman–Crippen MR) is 603 cm³/mol. The van der Waals surface area contributed by atoms with Crippen molar-refractivity contribution >= 4 is 54.6 Å². The molecule has 0 aliphatic carbocycles. The lowest BCUT2D eigenvalue weighted by Crippen LogP contribution is -2.02. The molecule has 0 aliphatic heterocycles. The molecule has 149 heavy (non-hydrogen) atoms. The Bertz CT molecular complexity index is 9280. The molecule has 0 fully saturated rings. The van der Waals surface area contributed by atoms with Crippen LogP contribution in [0.2, 0.25) is 0 Å². The Morgan fingerprint density at radius 1 is 0.141 bits per heavy atom. The van der Waals surface area contributed by atoms with Crippen molar-refractivity contribution in [2.45, 2.75) is 0 Å². The van der Waals surface area contributed by atoms with Gasteiger partial charge in [0.05, 0.1) is 51.2 Å². The lowest BCUT2D eigenvalue weighted by molar-refractivity contribution is 0.742. The van der Waals surface area contributed by atoms with Crippen LogP contribution in [0.1, 0.15) is 0 Å². The summed E-state index contributed by atoms with van der Waals surface area (Å²) in [6.07, 6.45) is 7.09. The van der Waals surface area contributed by atoms with Crippen LogP contribution in [-0.4, -0.2) is 79.9 Å². The molecule has 17 aromatic carbocycles. The zero-order valence-corrected chi connectivity index (χ0v) is 80.5. The summed E-state index contributed by atoms with van der Waals surface area (Å²) in [5.74, 6) is 1.25. The van der Waals surface area contributed by atoms with Gasteiger partial charge >= 0.3 is 0 Å². The summed E-state index contributed by atoms with van der Waals surface area (Å²) >= 11 is 0. The van der Waals surface area contributed by atoms with Gasteiger partial charge in [0.2, 0.25) is 0 Å². The Kier molecular flexibility index (Phi) is 24.4. The molecule has 0 saturated carbocycles. The first-order valence-corrected chi connectivity index (χ1v) is 49.5. The number of fused-ring (bicyclic) bond motifs is 5. The number of pyridine rings is 7. The molecule has 0 amide bonds. The zero-order chi connectivity index (χ0) is 99.1. The van der Waals surface area contributed by atoms with E-state index < -0.39 is 0 Å². The number of hydrogen-bond acceptors (Lipinski definition) is 13. The third-order valence-corrected chi connectivity index (χ3v) is 26.8. The molecule has 16 nitrogen and oxygen atoms in total. The van der Waals surface area contributed by atoms with Crippen molar-refractivity contribution in [1.29, 1.82) is 0 Å². The van der Waals surface area contributed by atoms with Crippen LogP contribution < -0.4 is 0 Å². The second-order valence-electron chi connectivity index (χ2n) is 36.3. The Morgan fingerprint density at radius 2 is 0.409 bits per heavy atom. The van der Waals surface area contributed by atoms with Gasteiger partial charge in [0.25, 0.3) is 0 Å². The van der Waals surface area contributed by atoms with E-state index in [0.29, 0.717) is 11.6 Å². The van der Waals surface area contributed by atoms with E-state index in [1.54, 1.807) is 39.2 Å². The Hall–Kier alpha value is -20.5. The predicted octanol–water partition coefficient (Wildman–Crippen LogP) is 32.0. The SMILES string of the molecule is c1ccc(-c2c3ccccc3c(-c3ccc4nn(-c5cc(-c6ccccn6)nc(-c6ccccn6)c5)nc4c3)c3ccccc23)cc1.c1ccc(-c2cc(-c3ccccc3)cc(-c3cc(-c4cc(-c5ccccc5)cc(-c5ccccc5)c4)c4nn(-c5cccc(-c6ccccn6)n5)nc4c3)c2)cc1.c1ccc(-c2ccc(-c3cc(-c4ccc(-c5ccccc5)cc4)c4nn(-c5cccc(-c6ccccn6)n5)nc4c3)cc2)cc1. The molecule has 0 unspecified atom stereocenters. The molecule has 0 N–H and O–H groups in total. The lowest BCUT2D eigenvalue weighted by atomic mass is 9.86. The second-order valence-corrected chi connectivity index (χ2v) is 36.3. The monoisotopic (exact) mass is 1910 g/mol. The molecular weight excluding hydrogens is 1820 g/mol. The Morgan fingerprint density at radius 3 is 0.792 bits per heavy atom. The summed E-state index contributed by atoms with van der Waals surface area (Å²) in [7, 11) is 0. The molecule has 0 atom stereocenters. The largest absolute Gasteiger partial charge is 0.255 e. The maximum Gasteiger partial charge on any atom is 0.174 e. The van der Waals surface area contributed by atoms with Gasteiger partial charge in [0, 0.05) is 35.9 Å². The molecule has 0 aliphatic rings. The van der Waals surface area contributed by atoms with Crippen LogP contribution in [0.4, 0.5) is 0 Å². The van der Waals surface area contributed by atoms with Crippen molar-refractivity contribution in [3.8, 4) is 196 Å². The molecule has 0 bridgehead atoms. The summed E-state index contributed by atoms with van der Waals surface area (Å²) in [4.78, 5) is 37.8. The van der Waals surface area contributed by atoms with E-state index in [4.69, 9.17) is 45.5 Å². The number of rotatable bonds is 19. The van der Waals surface area contributed by atoms with E-state index in [-0.39, 0.29) is 0 Å². The third-order valence-electron chi connectivity index (χ3n) is 26.8. The van der Waals surface area contributed by atoms with Crippen LogP contribution in [0.5, 0.6) is 0 Å². The van der Waals surface area contributed by atoms with Gasteiger partial charge in [-0.3, -0.25) is 19.9 Å². The highest BCUT2D eigenvalue weighted by Gasteiger charge is 2.24. The van der Waals surface area contributed by atoms with Crippen LogP contribution in [0.3, 0.4) is 0 Å². The number of aromatic nitrogens is 16. The fraction of sp³-hybridized carbons (Fsp3) is 0. The van der Waals surface area contributed by atoms with Gasteiger partial charge in [-0.05, 0) is 302 Å². The minimum absolute atomic E-state index is 0.613. The number of benzene rings is 17. The summed E-state index contributed by atoms with van der Waals surface area (Å²) < 4.78 is 0. The molecule has 27 aromatic rings. The zero-order valence-electron chi connectivity index (χ0n) is 80.5. The van der Waals surface area contributed by atoms with Crippen molar-refractivity contribution < 1.29 is 0 Å².